The van der Waals surface area contributed by atoms with E-state index in [0.29, 0.717) is 6.54 Å². The van der Waals surface area contributed by atoms with Gasteiger partial charge in [-0.2, -0.15) is 0 Å². The van der Waals surface area contributed by atoms with Crippen LogP contribution in [0.2, 0.25) is 0 Å². The van der Waals surface area contributed by atoms with Crippen molar-refractivity contribution in [1.82, 2.24) is 14.7 Å². The second kappa shape index (κ2) is 8.75. The first-order valence-corrected chi connectivity index (χ1v) is 9.89. The summed E-state index contributed by atoms with van der Waals surface area (Å²) >= 11 is 1.79. The van der Waals surface area contributed by atoms with Crippen LogP contribution >= 0.6 is 11.3 Å². The predicted molar refractivity (Wildman–Crippen MR) is 104 cm³/mol. The fourth-order valence-electron chi connectivity index (χ4n) is 3.39. The smallest absolute Gasteiger partial charge is 0.239 e. The minimum absolute atomic E-state index is 0.0842. The number of hydrogen-bond acceptors (Lipinski definition) is 4. The summed E-state index contributed by atoms with van der Waals surface area (Å²) in [7, 11) is 1.79. The summed E-state index contributed by atoms with van der Waals surface area (Å²) in [4.78, 5) is 20.5. The van der Waals surface area contributed by atoms with Gasteiger partial charge in [-0.3, -0.25) is 14.6 Å². The quantitative estimate of drug-likeness (QED) is 0.776. The van der Waals surface area contributed by atoms with Gasteiger partial charge in [0.05, 0.1) is 6.04 Å². The van der Waals surface area contributed by atoms with Gasteiger partial charge in [0.2, 0.25) is 5.91 Å². The lowest BCUT2D eigenvalue weighted by atomic mass is 10.1. The first-order chi connectivity index (χ1) is 12.5. The zero-order valence-corrected chi connectivity index (χ0v) is 16.2. The number of amides is 1. The number of nitrogens with zero attached hydrogens (tertiary/aromatic N) is 3. The molecule has 0 spiro atoms. The highest BCUT2D eigenvalue weighted by molar-refractivity contribution is 7.09. The molecule has 1 saturated heterocycles. The van der Waals surface area contributed by atoms with Crippen molar-refractivity contribution in [2.75, 3.05) is 33.2 Å². The van der Waals surface area contributed by atoms with E-state index in [1.807, 2.05) is 13.0 Å². The van der Waals surface area contributed by atoms with Crippen LogP contribution in [0.5, 0.6) is 0 Å². The molecular formula is C20H26FN3OS. The number of thiophene rings is 1. The number of carbonyl (C=O) groups excluding carboxylic acids is 1. The van der Waals surface area contributed by atoms with Crippen LogP contribution in [-0.4, -0.2) is 59.9 Å². The fraction of sp³-hybridized carbons (Fsp3) is 0.450. The summed E-state index contributed by atoms with van der Waals surface area (Å²) in [6.45, 7) is 7.14. The fourth-order valence-corrected chi connectivity index (χ4v) is 4.14. The summed E-state index contributed by atoms with van der Waals surface area (Å²) in [5, 5.41) is 2.11. The van der Waals surface area contributed by atoms with Gasteiger partial charge in [-0.05, 0) is 36.1 Å². The molecule has 1 aliphatic heterocycles. The molecule has 1 aromatic heterocycles. The monoisotopic (exact) mass is 375 g/mol. The van der Waals surface area contributed by atoms with E-state index >= 15 is 0 Å². The van der Waals surface area contributed by atoms with Crippen LogP contribution in [-0.2, 0) is 17.9 Å². The number of rotatable bonds is 6. The van der Waals surface area contributed by atoms with Gasteiger partial charge in [-0.15, -0.1) is 11.3 Å². The highest BCUT2D eigenvalue weighted by atomic mass is 32.1. The summed E-state index contributed by atoms with van der Waals surface area (Å²) in [6, 6.07) is 10.5. The van der Waals surface area contributed by atoms with Crippen molar-refractivity contribution in [1.29, 1.82) is 0 Å². The SMILES string of the molecule is CC(C(=O)N(C)Cc1cccc(F)c1)N1CCN(Cc2cccs2)CC1. The van der Waals surface area contributed by atoms with Crippen LogP contribution < -0.4 is 0 Å². The summed E-state index contributed by atoms with van der Waals surface area (Å²) < 4.78 is 13.3. The highest BCUT2D eigenvalue weighted by Gasteiger charge is 2.27. The molecule has 1 aromatic carbocycles. The number of likely N-dealkylation sites (N-methyl/N-ethyl adjacent to an activating group) is 1. The molecule has 26 heavy (non-hydrogen) atoms. The number of piperazine rings is 1. The molecule has 0 aliphatic carbocycles. The van der Waals surface area contributed by atoms with E-state index in [2.05, 4.69) is 27.3 Å². The molecule has 0 N–H and O–H groups in total. The van der Waals surface area contributed by atoms with Gasteiger partial charge < -0.3 is 4.90 Å². The molecule has 1 unspecified atom stereocenters. The lowest BCUT2D eigenvalue weighted by molar-refractivity contribution is -0.136. The Hall–Kier alpha value is -1.76. The van der Waals surface area contributed by atoms with E-state index in [4.69, 9.17) is 0 Å². The molecule has 0 radical (unpaired) electrons. The standard InChI is InChI=1S/C20H26FN3OS/c1-16(20(25)22(2)14-17-5-3-6-18(21)13-17)24-10-8-23(9-11-24)15-19-7-4-12-26-19/h3-7,12-13,16H,8-11,14-15H2,1-2H3. The van der Waals surface area contributed by atoms with Gasteiger partial charge in [-0.1, -0.05) is 18.2 Å². The maximum Gasteiger partial charge on any atom is 0.239 e. The Bertz CT molecular complexity index is 714. The number of carbonyl (C=O) groups is 1. The molecule has 4 nitrogen and oxygen atoms in total. The molecule has 1 aliphatic rings. The Balaban J connectivity index is 1.49. The average molecular weight is 376 g/mol. The third-order valence-corrected chi connectivity index (χ3v) is 5.82. The molecule has 1 atom stereocenters. The van der Waals surface area contributed by atoms with E-state index in [1.54, 1.807) is 29.4 Å². The van der Waals surface area contributed by atoms with E-state index in [1.165, 1.54) is 17.0 Å². The second-order valence-electron chi connectivity index (χ2n) is 6.89. The first-order valence-electron chi connectivity index (χ1n) is 9.01. The Morgan fingerprint density at radius 2 is 2.00 bits per heavy atom. The van der Waals surface area contributed by atoms with Gasteiger partial charge in [0.25, 0.3) is 0 Å². The molecule has 140 valence electrons. The van der Waals surface area contributed by atoms with Gasteiger partial charge in [-0.25, -0.2) is 4.39 Å². The van der Waals surface area contributed by atoms with Crippen molar-refractivity contribution in [2.24, 2.45) is 0 Å². The van der Waals surface area contributed by atoms with Crippen molar-refractivity contribution in [3.63, 3.8) is 0 Å². The Labute approximate surface area is 158 Å². The summed E-state index contributed by atoms with van der Waals surface area (Å²) in [5.74, 6) is -0.181. The van der Waals surface area contributed by atoms with Crippen LogP contribution in [0.25, 0.3) is 0 Å². The normalized spacial score (nSPS) is 17.2. The molecule has 1 amide bonds. The lowest BCUT2D eigenvalue weighted by Crippen LogP contribution is -2.53. The molecule has 0 bridgehead atoms. The topological polar surface area (TPSA) is 26.8 Å². The maximum absolute atomic E-state index is 13.3. The molecule has 2 aromatic rings. The predicted octanol–water partition coefficient (Wildman–Crippen LogP) is 3.05. The van der Waals surface area contributed by atoms with Crippen molar-refractivity contribution in [3.8, 4) is 0 Å². The van der Waals surface area contributed by atoms with Crippen LogP contribution in [0.4, 0.5) is 4.39 Å². The van der Waals surface area contributed by atoms with Crippen molar-refractivity contribution in [3.05, 3.63) is 58.0 Å². The number of benzene rings is 1. The maximum atomic E-state index is 13.3. The van der Waals surface area contributed by atoms with Crippen molar-refractivity contribution >= 4 is 17.2 Å². The summed E-state index contributed by atoms with van der Waals surface area (Å²) in [6.07, 6.45) is 0. The summed E-state index contributed by atoms with van der Waals surface area (Å²) in [5.41, 5.74) is 0.814. The third kappa shape index (κ3) is 4.90. The zero-order valence-electron chi connectivity index (χ0n) is 15.4. The zero-order chi connectivity index (χ0) is 18.5. The van der Waals surface area contributed by atoms with Gasteiger partial charge in [0.1, 0.15) is 5.82 Å². The van der Waals surface area contributed by atoms with E-state index < -0.39 is 0 Å². The molecule has 2 heterocycles. The van der Waals surface area contributed by atoms with E-state index in [0.717, 1.165) is 38.3 Å². The first kappa shape index (κ1) is 19.0. The molecule has 1 fully saturated rings. The van der Waals surface area contributed by atoms with Crippen LogP contribution in [0.1, 0.15) is 17.4 Å². The van der Waals surface area contributed by atoms with Gasteiger partial charge >= 0.3 is 0 Å². The largest absolute Gasteiger partial charge is 0.340 e. The lowest BCUT2D eigenvalue weighted by Gasteiger charge is -2.38. The minimum atomic E-state index is -0.265. The molecular weight excluding hydrogens is 349 g/mol. The van der Waals surface area contributed by atoms with Crippen molar-refractivity contribution < 1.29 is 9.18 Å². The molecule has 6 heteroatoms. The second-order valence-corrected chi connectivity index (χ2v) is 7.92. The third-order valence-electron chi connectivity index (χ3n) is 4.96. The number of halogens is 1. The highest BCUT2D eigenvalue weighted by Crippen LogP contribution is 2.15. The Morgan fingerprint density at radius 1 is 1.23 bits per heavy atom. The van der Waals surface area contributed by atoms with E-state index in [-0.39, 0.29) is 17.8 Å². The molecule has 3 rings (SSSR count). The molecule has 0 saturated carbocycles. The Morgan fingerprint density at radius 3 is 2.65 bits per heavy atom. The number of hydrogen-bond donors (Lipinski definition) is 0. The van der Waals surface area contributed by atoms with Gasteiger partial charge in [0.15, 0.2) is 0 Å². The van der Waals surface area contributed by atoms with E-state index in [9.17, 15) is 9.18 Å². The minimum Gasteiger partial charge on any atom is -0.340 e. The van der Waals surface area contributed by atoms with Crippen LogP contribution in [0.15, 0.2) is 41.8 Å². The Kier molecular flexibility index (Phi) is 6.40. The van der Waals surface area contributed by atoms with Crippen molar-refractivity contribution in [2.45, 2.75) is 26.1 Å². The van der Waals surface area contributed by atoms with Gasteiger partial charge in [0, 0.05) is 51.2 Å². The average Bonchev–Trinajstić information content (AvgIpc) is 3.14. The van der Waals surface area contributed by atoms with Crippen LogP contribution in [0.3, 0.4) is 0 Å². The van der Waals surface area contributed by atoms with Crippen LogP contribution in [0, 0.1) is 5.82 Å².